The average Bonchev–Trinajstić information content (AvgIpc) is 2.38. The summed E-state index contributed by atoms with van der Waals surface area (Å²) >= 11 is 4.37. The molecule has 0 bridgehead atoms. The van der Waals surface area contributed by atoms with Gasteiger partial charge in [0.05, 0.1) is 6.61 Å². The lowest BCUT2D eigenvalue weighted by Crippen LogP contribution is -2.33. The van der Waals surface area contributed by atoms with Crippen LogP contribution >= 0.6 is 12.6 Å². The molecule has 1 atom stereocenters. The quantitative estimate of drug-likeness (QED) is 0.535. The van der Waals surface area contributed by atoms with Crippen molar-refractivity contribution >= 4 is 24.3 Å². The Labute approximate surface area is 124 Å². The number of thiol groups is 1. The van der Waals surface area contributed by atoms with Crippen LogP contribution in [0.15, 0.2) is 36.5 Å². The fourth-order valence-electron chi connectivity index (χ4n) is 1.90. The van der Waals surface area contributed by atoms with Gasteiger partial charge in [-0.25, -0.2) is 0 Å². The molecule has 110 valence electrons. The summed E-state index contributed by atoms with van der Waals surface area (Å²) in [5, 5.41) is 17.9. The molecule has 1 unspecified atom stereocenters. The maximum absolute atomic E-state index is 10.9. The van der Waals surface area contributed by atoms with Gasteiger partial charge in [-0.2, -0.15) is 12.6 Å². The van der Waals surface area contributed by atoms with E-state index in [4.69, 9.17) is 15.9 Å². The van der Waals surface area contributed by atoms with Crippen molar-refractivity contribution in [3.63, 3.8) is 0 Å². The highest BCUT2D eigenvalue weighted by Crippen LogP contribution is 2.23. The van der Waals surface area contributed by atoms with Gasteiger partial charge in [0.1, 0.15) is 6.54 Å². The number of rotatable bonds is 8. The Morgan fingerprint density at radius 2 is 2.10 bits per heavy atom. The van der Waals surface area contributed by atoms with E-state index in [2.05, 4.69) is 19.2 Å². The standard InChI is InChI=1S/C14H20N2O3S/c1-10(15)13(20)8-11-4-2-3-5-12(11)16(6-7-17)9-14(18)19/h2-5,13,17,20H,1,6-9,15H2,(H,18,19). The summed E-state index contributed by atoms with van der Waals surface area (Å²) in [6.45, 7) is 3.63. The van der Waals surface area contributed by atoms with Crippen LogP contribution in [0.3, 0.4) is 0 Å². The minimum atomic E-state index is -0.945. The number of benzene rings is 1. The van der Waals surface area contributed by atoms with E-state index in [1.165, 1.54) is 0 Å². The van der Waals surface area contributed by atoms with Gasteiger partial charge in [0.25, 0.3) is 0 Å². The van der Waals surface area contributed by atoms with Crippen molar-refractivity contribution in [3.05, 3.63) is 42.1 Å². The van der Waals surface area contributed by atoms with E-state index in [9.17, 15) is 4.79 Å². The third kappa shape index (κ3) is 4.79. The summed E-state index contributed by atoms with van der Waals surface area (Å²) in [6.07, 6.45) is 0.552. The van der Waals surface area contributed by atoms with E-state index >= 15 is 0 Å². The summed E-state index contributed by atoms with van der Waals surface area (Å²) in [4.78, 5) is 12.5. The fraction of sp³-hybridized carbons (Fsp3) is 0.357. The predicted molar refractivity (Wildman–Crippen MR) is 83.2 cm³/mol. The van der Waals surface area contributed by atoms with Crippen LogP contribution in [0.1, 0.15) is 5.56 Å². The highest BCUT2D eigenvalue weighted by molar-refractivity contribution is 7.81. The van der Waals surface area contributed by atoms with E-state index in [0.717, 1.165) is 11.3 Å². The van der Waals surface area contributed by atoms with Crippen molar-refractivity contribution < 1.29 is 15.0 Å². The van der Waals surface area contributed by atoms with Gasteiger partial charge in [0.15, 0.2) is 0 Å². The lowest BCUT2D eigenvalue weighted by atomic mass is 10.0. The van der Waals surface area contributed by atoms with E-state index in [0.29, 0.717) is 12.1 Å². The molecular weight excluding hydrogens is 276 g/mol. The second kappa shape index (κ2) is 7.81. The van der Waals surface area contributed by atoms with E-state index in [1.807, 2.05) is 24.3 Å². The molecule has 0 saturated carbocycles. The maximum atomic E-state index is 10.9. The Morgan fingerprint density at radius 1 is 1.45 bits per heavy atom. The number of aliphatic hydroxyl groups excluding tert-OH is 1. The molecule has 0 heterocycles. The summed E-state index contributed by atoms with van der Waals surface area (Å²) in [5.74, 6) is -0.945. The molecule has 4 N–H and O–H groups in total. The number of hydrogen-bond donors (Lipinski definition) is 4. The van der Waals surface area contributed by atoms with Crippen LogP contribution in [0.4, 0.5) is 5.69 Å². The highest BCUT2D eigenvalue weighted by Gasteiger charge is 2.16. The average molecular weight is 296 g/mol. The number of nitrogens with two attached hydrogens (primary N) is 1. The Balaban J connectivity index is 3.02. The number of carbonyl (C=O) groups is 1. The van der Waals surface area contributed by atoms with Gasteiger partial charge < -0.3 is 20.8 Å². The first-order chi connectivity index (χ1) is 9.45. The number of aliphatic hydroxyl groups is 1. The molecule has 0 aliphatic rings. The summed E-state index contributed by atoms with van der Waals surface area (Å²) in [7, 11) is 0. The molecule has 1 aromatic carbocycles. The molecule has 0 amide bonds. The van der Waals surface area contributed by atoms with E-state index in [1.54, 1.807) is 4.90 Å². The van der Waals surface area contributed by atoms with Crippen LogP contribution in [0.5, 0.6) is 0 Å². The fourth-order valence-corrected chi connectivity index (χ4v) is 2.10. The molecule has 0 fully saturated rings. The van der Waals surface area contributed by atoms with Gasteiger partial charge in [0.2, 0.25) is 0 Å². The Bertz CT molecular complexity index is 479. The predicted octanol–water partition coefficient (Wildman–Crippen LogP) is 0.883. The number of nitrogens with zero attached hydrogens (tertiary/aromatic N) is 1. The van der Waals surface area contributed by atoms with Crippen molar-refractivity contribution in [1.82, 2.24) is 0 Å². The molecule has 6 heteroatoms. The van der Waals surface area contributed by atoms with Crippen LogP contribution < -0.4 is 10.6 Å². The van der Waals surface area contributed by atoms with E-state index < -0.39 is 5.97 Å². The zero-order valence-electron chi connectivity index (χ0n) is 11.2. The first-order valence-electron chi connectivity index (χ1n) is 6.23. The molecule has 1 aromatic rings. The highest BCUT2D eigenvalue weighted by atomic mass is 32.1. The molecule has 0 aliphatic carbocycles. The minimum absolute atomic E-state index is 0.116. The maximum Gasteiger partial charge on any atom is 0.323 e. The molecule has 1 rings (SSSR count). The molecule has 0 spiro atoms. The van der Waals surface area contributed by atoms with Crippen LogP contribution in [0.25, 0.3) is 0 Å². The van der Waals surface area contributed by atoms with Gasteiger partial charge in [-0.15, -0.1) is 0 Å². The second-order valence-electron chi connectivity index (χ2n) is 4.46. The number of anilines is 1. The largest absolute Gasteiger partial charge is 0.480 e. The number of carboxylic acid groups (broad SMARTS) is 1. The van der Waals surface area contributed by atoms with Crippen LogP contribution in [0, 0.1) is 0 Å². The van der Waals surface area contributed by atoms with Gasteiger partial charge in [-0.1, -0.05) is 24.8 Å². The van der Waals surface area contributed by atoms with Crippen LogP contribution in [-0.4, -0.2) is 41.1 Å². The molecule has 0 aliphatic heterocycles. The molecule has 20 heavy (non-hydrogen) atoms. The van der Waals surface area contributed by atoms with Crippen molar-refractivity contribution in [3.8, 4) is 0 Å². The lowest BCUT2D eigenvalue weighted by Gasteiger charge is -2.25. The number of aliphatic carboxylic acids is 1. The van der Waals surface area contributed by atoms with Crippen LogP contribution in [0.2, 0.25) is 0 Å². The Kier molecular flexibility index (Phi) is 6.41. The molecule has 5 nitrogen and oxygen atoms in total. The normalized spacial score (nSPS) is 11.9. The van der Waals surface area contributed by atoms with Crippen molar-refractivity contribution in [2.75, 3.05) is 24.6 Å². The van der Waals surface area contributed by atoms with Gasteiger partial charge in [-0.05, 0) is 18.1 Å². The molecule has 0 saturated heterocycles. The Hall–Kier alpha value is -1.66. The van der Waals surface area contributed by atoms with Crippen molar-refractivity contribution in [2.24, 2.45) is 5.73 Å². The summed E-state index contributed by atoms with van der Waals surface area (Å²) in [5.41, 5.74) is 7.79. The summed E-state index contributed by atoms with van der Waals surface area (Å²) in [6, 6.07) is 7.42. The number of hydrogen-bond acceptors (Lipinski definition) is 5. The number of carboxylic acids is 1. The molecule has 0 aromatic heterocycles. The molecule has 0 radical (unpaired) electrons. The van der Waals surface area contributed by atoms with Crippen molar-refractivity contribution in [2.45, 2.75) is 11.7 Å². The third-order valence-electron chi connectivity index (χ3n) is 2.87. The zero-order valence-corrected chi connectivity index (χ0v) is 12.1. The first-order valence-corrected chi connectivity index (χ1v) is 6.75. The third-order valence-corrected chi connectivity index (χ3v) is 3.38. The second-order valence-corrected chi connectivity index (χ2v) is 5.09. The Morgan fingerprint density at radius 3 is 2.65 bits per heavy atom. The van der Waals surface area contributed by atoms with E-state index in [-0.39, 0.29) is 24.9 Å². The van der Waals surface area contributed by atoms with Crippen molar-refractivity contribution in [1.29, 1.82) is 0 Å². The number of para-hydroxylation sites is 1. The smallest absolute Gasteiger partial charge is 0.323 e. The molecular formula is C14H20N2O3S. The zero-order chi connectivity index (χ0) is 15.1. The SMILES string of the molecule is C=C(N)C(S)Cc1ccccc1N(CCO)CC(=O)O. The summed E-state index contributed by atoms with van der Waals surface area (Å²) < 4.78 is 0. The lowest BCUT2D eigenvalue weighted by molar-refractivity contribution is -0.135. The van der Waals surface area contributed by atoms with Crippen LogP contribution in [-0.2, 0) is 11.2 Å². The first kappa shape index (κ1) is 16.4. The van der Waals surface area contributed by atoms with Gasteiger partial charge >= 0.3 is 5.97 Å². The van der Waals surface area contributed by atoms with Gasteiger partial charge in [-0.3, -0.25) is 4.79 Å². The topological polar surface area (TPSA) is 86.8 Å². The minimum Gasteiger partial charge on any atom is -0.480 e. The monoisotopic (exact) mass is 296 g/mol. The van der Waals surface area contributed by atoms with Gasteiger partial charge in [0, 0.05) is 23.2 Å².